The highest BCUT2D eigenvalue weighted by Crippen LogP contribution is 2.29. The number of hydrogen-bond donors (Lipinski definition) is 2. The molecule has 0 aliphatic heterocycles. The Hall–Kier alpha value is -2.34. The Kier molecular flexibility index (Phi) is 3.99. The van der Waals surface area contributed by atoms with E-state index in [0.29, 0.717) is 17.1 Å². The zero-order valence-corrected chi connectivity index (χ0v) is 12.6. The minimum Gasteiger partial charge on any atom is -0.456 e. The number of nitrogens with two attached hydrogens (primary N) is 1. The van der Waals surface area contributed by atoms with Crippen molar-refractivity contribution in [2.45, 2.75) is 11.8 Å². The molecule has 0 atom stereocenters. The number of sulfone groups is 1. The van der Waals surface area contributed by atoms with E-state index in [1.807, 2.05) is 13.0 Å². The minimum absolute atomic E-state index is 0.104. The minimum atomic E-state index is -3.30. The van der Waals surface area contributed by atoms with Crippen LogP contribution in [0.4, 0.5) is 0 Å². The van der Waals surface area contributed by atoms with Gasteiger partial charge in [0.15, 0.2) is 9.84 Å². The molecule has 0 radical (unpaired) electrons. The normalized spacial score (nSPS) is 11.1. The number of ether oxygens (including phenoxy) is 1. The van der Waals surface area contributed by atoms with Gasteiger partial charge in [-0.1, -0.05) is 18.2 Å². The molecule has 0 fully saturated rings. The van der Waals surface area contributed by atoms with Gasteiger partial charge in [-0.25, -0.2) is 8.42 Å². The molecule has 2 aromatic carbocycles. The van der Waals surface area contributed by atoms with E-state index in [1.165, 1.54) is 12.1 Å². The molecule has 6 heteroatoms. The molecule has 0 aliphatic rings. The third kappa shape index (κ3) is 3.41. The van der Waals surface area contributed by atoms with Crippen molar-refractivity contribution in [3.8, 4) is 11.5 Å². The van der Waals surface area contributed by atoms with Crippen LogP contribution in [0.3, 0.4) is 0 Å². The van der Waals surface area contributed by atoms with Gasteiger partial charge in [-0.15, -0.1) is 0 Å². The van der Waals surface area contributed by atoms with Crippen molar-refractivity contribution in [2.75, 3.05) is 6.26 Å². The van der Waals surface area contributed by atoms with E-state index in [1.54, 1.807) is 24.3 Å². The number of para-hydroxylation sites is 1. The first-order valence-corrected chi connectivity index (χ1v) is 8.10. The highest BCUT2D eigenvalue weighted by atomic mass is 32.2. The van der Waals surface area contributed by atoms with E-state index < -0.39 is 9.84 Å². The first kappa shape index (κ1) is 15.1. The number of hydrogen-bond acceptors (Lipinski definition) is 4. The van der Waals surface area contributed by atoms with Crippen LogP contribution in [0.2, 0.25) is 0 Å². The molecule has 0 saturated carbocycles. The Morgan fingerprint density at radius 2 is 1.86 bits per heavy atom. The Morgan fingerprint density at radius 1 is 1.19 bits per heavy atom. The number of nitrogen functional groups attached to an aromatic ring is 1. The average Bonchev–Trinajstić information content (AvgIpc) is 2.40. The maximum absolute atomic E-state index is 11.6. The van der Waals surface area contributed by atoms with Crippen molar-refractivity contribution >= 4 is 15.7 Å². The lowest BCUT2D eigenvalue weighted by molar-refractivity contribution is 0.476. The first-order valence-electron chi connectivity index (χ1n) is 6.21. The Balaban J connectivity index is 2.46. The summed E-state index contributed by atoms with van der Waals surface area (Å²) < 4.78 is 28.9. The molecular formula is C15H16N2O3S. The summed E-state index contributed by atoms with van der Waals surface area (Å²) in [5.74, 6) is 0.735. The first-order chi connectivity index (χ1) is 9.79. The largest absolute Gasteiger partial charge is 0.456 e. The number of rotatable bonds is 4. The molecule has 21 heavy (non-hydrogen) atoms. The van der Waals surface area contributed by atoms with Crippen molar-refractivity contribution in [3.05, 3.63) is 53.6 Å². The van der Waals surface area contributed by atoms with E-state index in [4.69, 9.17) is 15.9 Å². The number of aryl methyl sites for hydroxylation is 1. The highest BCUT2D eigenvalue weighted by molar-refractivity contribution is 7.90. The van der Waals surface area contributed by atoms with Crippen molar-refractivity contribution in [1.29, 1.82) is 5.41 Å². The van der Waals surface area contributed by atoms with Gasteiger partial charge < -0.3 is 10.5 Å². The molecule has 0 saturated heterocycles. The van der Waals surface area contributed by atoms with Crippen LogP contribution in [0.25, 0.3) is 0 Å². The van der Waals surface area contributed by atoms with E-state index in [9.17, 15) is 8.42 Å². The van der Waals surface area contributed by atoms with Gasteiger partial charge in [0.25, 0.3) is 0 Å². The topological polar surface area (TPSA) is 93.2 Å². The number of nitrogens with one attached hydrogen (secondary N) is 1. The van der Waals surface area contributed by atoms with Crippen LogP contribution in [0.5, 0.6) is 11.5 Å². The molecule has 2 rings (SSSR count). The second kappa shape index (κ2) is 5.57. The molecular weight excluding hydrogens is 288 g/mol. The molecule has 0 unspecified atom stereocenters. The summed E-state index contributed by atoms with van der Waals surface area (Å²) in [7, 11) is -3.30. The molecule has 0 aliphatic carbocycles. The molecule has 0 bridgehead atoms. The van der Waals surface area contributed by atoms with E-state index in [-0.39, 0.29) is 10.7 Å². The molecule has 110 valence electrons. The quantitative estimate of drug-likeness (QED) is 0.670. The molecule has 0 spiro atoms. The Morgan fingerprint density at radius 3 is 2.48 bits per heavy atom. The SMILES string of the molecule is Cc1cccc(C(=N)N)c1Oc1cccc(S(C)(=O)=O)c1. The number of benzene rings is 2. The zero-order chi connectivity index (χ0) is 15.6. The average molecular weight is 304 g/mol. The molecule has 0 aromatic heterocycles. The van der Waals surface area contributed by atoms with Gasteiger partial charge in [-0.2, -0.15) is 0 Å². The second-order valence-corrected chi connectivity index (χ2v) is 6.73. The maximum Gasteiger partial charge on any atom is 0.175 e. The van der Waals surface area contributed by atoms with Gasteiger partial charge >= 0.3 is 0 Å². The Labute approximate surface area is 123 Å². The summed E-state index contributed by atoms with van der Waals surface area (Å²) in [6, 6.07) is 11.5. The van der Waals surface area contributed by atoms with Gasteiger partial charge in [-0.05, 0) is 36.8 Å². The fourth-order valence-electron chi connectivity index (χ4n) is 1.89. The molecule has 5 nitrogen and oxygen atoms in total. The molecule has 2 aromatic rings. The second-order valence-electron chi connectivity index (χ2n) is 4.71. The summed E-state index contributed by atoms with van der Waals surface area (Å²) in [6.07, 6.45) is 1.14. The monoisotopic (exact) mass is 304 g/mol. The predicted octanol–water partition coefficient (Wildman–Crippen LogP) is 2.47. The maximum atomic E-state index is 11.6. The van der Waals surface area contributed by atoms with Gasteiger partial charge in [0.05, 0.1) is 10.5 Å². The van der Waals surface area contributed by atoms with Crippen molar-refractivity contribution in [1.82, 2.24) is 0 Å². The molecule has 0 amide bonds. The van der Waals surface area contributed by atoms with Gasteiger partial charge in [0.2, 0.25) is 0 Å². The summed E-state index contributed by atoms with van der Waals surface area (Å²) in [5.41, 5.74) is 6.83. The molecule has 3 N–H and O–H groups in total. The summed E-state index contributed by atoms with van der Waals surface area (Å²) >= 11 is 0. The van der Waals surface area contributed by atoms with Gasteiger partial charge in [-0.3, -0.25) is 5.41 Å². The van der Waals surface area contributed by atoms with E-state index >= 15 is 0 Å². The number of amidine groups is 1. The van der Waals surface area contributed by atoms with E-state index in [2.05, 4.69) is 0 Å². The van der Waals surface area contributed by atoms with Crippen LogP contribution >= 0.6 is 0 Å². The van der Waals surface area contributed by atoms with Crippen LogP contribution in [0, 0.1) is 12.3 Å². The van der Waals surface area contributed by atoms with E-state index in [0.717, 1.165) is 11.8 Å². The standard InChI is InChI=1S/C15H16N2O3S/c1-10-5-3-8-13(15(16)17)14(10)20-11-6-4-7-12(9-11)21(2,18)19/h3-9H,1-2H3,(H3,16,17). The van der Waals surface area contributed by atoms with Crippen LogP contribution < -0.4 is 10.5 Å². The summed E-state index contributed by atoms with van der Waals surface area (Å²) in [5, 5.41) is 7.58. The lowest BCUT2D eigenvalue weighted by Crippen LogP contribution is -2.12. The summed E-state index contributed by atoms with van der Waals surface area (Å²) in [6.45, 7) is 1.84. The fraction of sp³-hybridized carbons (Fsp3) is 0.133. The predicted molar refractivity (Wildman–Crippen MR) is 81.8 cm³/mol. The third-order valence-corrected chi connectivity index (χ3v) is 4.07. The highest BCUT2D eigenvalue weighted by Gasteiger charge is 2.12. The molecule has 0 heterocycles. The van der Waals surface area contributed by atoms with Crippen LogP contribution in [-0.4, -0.2) is 20.5 Å². The van der Waals surface area contributed by atoms with Crippen LogP contribution in [0.1, 0.15) is 11.1 Å². The smallest absolute Gasteiger partial charge is 0.175 e. The zero-order valence-electron chi connectivity index (χ0n) is 11.8. The van der Waals surface area contributed by atoms with Crippen LogP contribution in [-0.2, 0) is 9.84 Å². The van der Waals surface area contributed by atoms with Crippen molar-refractivity contribution in [3.63, 3.8) is 0 Å². The summed E-state index contributed by atoms with van der Waals surface area (Å²) in [4.78, 5) is 0.179. The fourth-order valence-corrected chi connectivity index (χ4v) is 2.54. The lowest BCUT2D eigenvalue weighted by atomic mass is 10.1. The van der Waals surface area contributed by atoms with Crippen molar-refractivity contribution in [2.24, 2.45) is 5.73 Å². The van der Waals surface area contributed by atoms with Gasteiger partial charge in [0, 0.05) is 6.26 Å². The third-order valence-electron chi connectivity index (χ3n) is 2.96. The van der Waals surface area contributed by atoms with Crippen molar-refractivity contribution < 1.29 is 13.2 Å². The Bertz CT molecular complexity index is 798. The lowest BCUT2D eigenvalue weighted by Gasteiger charge is -2.13. The van der Waals surface area contributed by atoms with Gasteiger partial charge in [0.1, 0.15) is 17.3 Å². The van der Waals surface area contributed by atoms with Crippen LogP contribution in [0.15, 0.2) is 47.4 Å².